The molecule has 138 valence electrons. The molecule has 26 heavy (non-hydrogen) atoms. The number of likely N-dealkylation sites (N-methyl/N-ethyl adjacent to an activating group) is 1. The first-order chi connectivity index (χ1) is 12.7. The molecule has 3 rings (SSSR count). The number of amides is 2. The van der Waals surface area contributed by atoms with Gasteiger partial charge in [0.25, 0.3) is 0 Å². The van der Waals surface area contributed by atoms with E-state index in [9.17, 15) is 4.79 Å². The van der Waals surface area contributed by atoms with Crippen molar-refractivity contribution in [1.29, 1.82) is 0 Å². The van der Waals surface area contributed by atoms with Crippen molar-refractivity contribution in [2.75, 3.05) is 26.7 Å². The van der Waals surface area contributed by atoms with Gasteiger partial charge in [0, 0.05) is 25.3 Å². The molecule has 0 spiro atoms. The highest BCUT2D eigenvalue weighted by atomic mass is 16.2. The summed E-state index contributed by atoms with van der Waals surface area (Å²) in [5.41, 5.74) is 2.15. The second kappa shape index (κ2) is 9.34. The summed E-state index contributed by atoms with van der Waals surface area (Å²) in [6.07, 6.45) is 4.79. The molecule has 1 fully saturated rings. The number of rotatable bonds is 6. The van der Waals surface area contributed by atoms with Gasteiger partial charge in [-0.05, 0) is 50.6 Å². The van der Waals surface area contributed by atoms with Crippen LogP contribution in [-0.4, -0.2) is 53.5 Å². The zero-order valence-electron chi connectivity index (χ0n) is 15.5. The van der Waals surface area contributed by atoms with Crippen molar-refractivity contribution < 1.29 is 4.79 Å². The minimum absolute atomic E-state index is 0.00637. The van der Waals surface area contributed by atoms with Crippen LogP contribution in [0, 0.1) is 0 Å². The van der Waals surface area contributed by atoms with E-state index in [0.717, 1.165) is 38.0 Å². The lowest BCUT2D eigenvalue weighted by molar-refractivity contribution is 0.176. The number of urea groups is 1. The Hall–Kier alpha value is -2.40. The van der Waals surface area contributed by atoms with E-state index in [2.05, 4.69) is 34.4 Å². The first kappa shape index (κ1) is 18.4. The van der Waals surface area contributed by atoms with Crippen molar-refractivity contribution in [3.63, 3.8) is 0 Å². The van der Waals surface area contributed by atoms with E-state index < -0.39 is 0 Å². The van der Waals surface area contributed by atoms with Crippen LogP contribution in [0.5, 0.6) is 0 Å². The maximum atomic E-state index is 12.9. The molecule has 0 bridgehead atoms. The highest BCUT2D eigenvalue weighted by Gasteiger charge is 2.22. The van der Waals surface area contributed by atoms with Gasteiger partial charge in [-0.1, -0.05) is 36.4 Å². The third kappa shape index (κ3) is 5.56. The zero-order chi connectivity index (χ0) is 18.2. The maximum Gasteiger partial charge on any atom is 0.318 e. The van der Waals surface area contributed by atoms with Crippen LogP contribution in [0.4, 0.5) is 4.79 Å². The molecule has 1 atom stereocenters. The van der Waals surface area contributed by atoms with Crippen molar-refractivity contribution in [1.82, 2.24) is 20.1 Å². The second-order valence-electron chi connectivity index (χ2n) is 7.03. The van der Waals surface area contributed by atoms with Crippen molar-refractivity contribution in [3.8, 4) is 0 Å². The monoisotopic (exact) mass is 352 g/mol. The summed E-state index contributed by atoms with van der Waals surface area (Å²) in [4.78, 5) is 21.5. The molecule has 1 aromatic heterocycles. The van der Waals surface area contributed by atoms with E-state index in [0.29, 0.717) is 13.1 Å². The molecule has 2 heterocycles. The third-order valence-electron chi connectivity index (χ3n) is 4.83. The van der Waals surface area contributed by atoms with Gasteiger partial charge in [-0.3, -0.25) is 4.98 Å². The van der Waals surface area contributed by atoms with Crippen LogP contribution in [0.25, 0.3) is 0 Å². The Balaban J connectivity index is 1.63. The van der Waals surface area contributed by atoms with E-state index in [-0.39, 0.29) is 12.1 Å². The summed E-state index contributed by atoms with van der Waals surface area (Å²) < 4.78 is 0. The Bertz CT molecular complexity index is 677. The lowest BCUT2D eigenvalue weighted by atomic mass is 10.1. The van der Waals surface area contributed by atoms with Gasteiger partial charge in [-0.25, -0.2) is 4.79 Å². The van der Waals surface area contributed by atoms with Crippen molar-refractivity contribution in [2.24, 2.45) is 0 Å². The van der Waals surface area contributed by atoms with Gasteiger partial charge in [-0.2, -0.15) is 0 Å². The van der Waals surface area contributed by atoms with Crippen LogP contribution in [0.2, 0.25) is 0 Å². The van der Waals surface area contributed by atoms with Gasteiger partial charge >= 0.3 is 6.03 Å². The summed E-state index contributed by atoms with van der Waals surface area (Å²) >= 11 is 0. The third-order valence-corrected chi connectivity index (χ3v) is 4.83. The predicted molar refractivity (Wildman–Crippen MR) is 104 cm³/mol. The number of pyridine rings is 1. The maximum absolute atomic E-state index is 12.9. The van der Waals surface area contributed by atoms with Gasteiger partial charge < -0.3 is 15.1 Å². The van der Waals surface area contributed by atoms with Crippen LogP contribution in [0.1, 0.15) is 24.1 Å². The quantitative estimate of drug-likeness (QED) is 0.870. The van der Waals surface area contributed by atoms with Gasteiger partial charge in [0.15, 0.2) is 0 Å². The van der Waals surface area contributed by atoms with Gasteiger partial charge in [-0.15, -0.1) is 0 Å². The van der Waals surface area contributed by atoms with E-state index in [1.807, 2.05) is 41.3 Å². The number of carbonyl (C=O) groups is 1. The summed E-state index contributed by atoms with van der Waals surface area (Å²) in [6.45, 7) is 3.23. The molecule has 1 saturated heterocycles. The Morgan fingerprint density at radius 2 is 2.04 bits per heavy atom. The number of benzene rings is 1. The lowest BCUT2D eigenvalue weighted by Crippen LogP contribution is -2.51. The van der Waals surface area contributed by atoms with Crippen LogP contribution in [0.3, 0.4) is 0 Å². The summed E-state index contributed by atoms with van der Waals surface area (Å²) in [5, 5.41) is 3.22. The lowest BCUT2D eigenvalue weighted by Gasteiger charge is -2.32. The molecule has 2 amide bonds. The van der Waals surface area contributed by atoms with E-state index in [1.54, 1.807) is 6.20 Å². The molecule has 0 aliphatic carbocycles. The molecular formula is C21H28N4O. The average Bonchev–Trinajstić information content (AvgIpc) is 2.66. The number of hydrogen-bond acceptors (Lipinski definition) is 3. The largest absolute Gasteiger partial charge is 0.334 e. The number of piperidine rings is 1. The molecule has 1 N–H and O–H groups in total. The van der Waals surface area contributed by atoms with Crippen LogP contribution in [-0.2, 0) is 13.0 Å². The van der Waals surface area contributed by atoms with Gasteiger partial charge in [0.05, 0.1) is 12.2 Å². The Kier molecular flexibility index (Phi) is 6.61. The summed E-state index contributed by atoms with van der Waals surface area (Å²) in [7, 11) is 2.11. The molecule has 1 aliphatic heterocycles. The zero-order valence-corrected chi connectivity index (χ0v) is 15.5. The molecule has 5 nitrogen and oxygen atoms in total. The number of nitrogens with one attached hydrogen (secondary N) is 1. The van der Waals surface area contributed by atoms with Gasteiger partial charge in [0.2, 0.25) is 0 Å². The predicted octanol–water partition coefficient (Wildman–Crippen LogP) is 2.93. The Labute approximate surface area is 156 Å². The first-order valence-electron chi connectivity index (χ1n) is 9.38. The highest BCUT2D eigenvalue weighted by Crippen LogP contribution is 2.10. The van der Waals surface area contributed by atoms with Crippen molar-refractivity contribution >= 4 is 6.03 Å². The number of carbonyl (C=O) groups excluding carboxylic acids is 1. The summed E-state index contributed by atoms with van der Waals surface area (Å²) in [6, 6.07) is 16.4. The molecule has 0 saturated carbocycles. The van der Waals surface area contributed by atoms with Crippen LogP contribution >= 0.6 is 0 Å². The molecule has 0 radical (unpaired) electrons. The van der Waals surface area contributed by atoms with Crippen molar-refractivity contribution in [3.05, 3.63) is 66.0 Å². The van der Waals surface area contributed by atoms with Gasteiger partial charge in [0.1, 0.15) is 0 Å². The van der Waals surface area contributed by atoms with E-state index in [4.69, 9.17) is 0 Å². The Morgan fingerprint density at radius 3 is 2.77 bits per heavy atom. The average molecular weight is 352 g/mol. The SMILES string of the molecule is CN1CCCC(NC(=O)N(CCc2ccccc2)Cc2ccccn2)C1. The molecule has 1 aromatic carbocycles. The number of hydrogen-bond donors (Lipinski definition) is 1. The van der Waals surface area contributed by atoms with Crippen molar-refractivity contribution in [2.45, 2.75) is 31.8 Å². The van der Waals surface area contributed by atoms with E-state index in [1.165, 1.54) is 5.56 Å². The van der Waals surface area contributed by atoms with Crippen LogP contribution in [0.15, 0.2) is 54.7 Å². The van der Waals surface area contributed by atoms with E-state index >= 15 is 0 Å². The standard InChI is InChI=1S/C21H28N4O/c1-24-14-7-11-20(16-24)23-21(26)25(17-19-10-5-6-13-22-19)15-12-18-8-3-2-4-9-18/h2-6,8-10,13,20H,7,11-12,14-17H2,1H3,(H,23,26). The molecule has 5 heteroatoms. The topological polar surface area (TPSA) is 48.5 Å². The smallest absolute Gasteiger partial charge is 0.318 e. The molecular weight excluding hydrogens is 324 g/mol. The minimum atomic E-state index is 0.00637. The molecule has 2 aromatic rings. The highest BCUT2D eigenvalue weighted by molar-refractivity contribution is 5.74. The summed E-state index contributed by atoms with van der Waals surface area (Å²) in [5.74, 6) is 0. The fourth-order valence-electron chi connectivity index (χ4n) is 3.40. The number of likely N-dealkylation sites (tertiary alicyclic amines) is 1. The molecule has 1 aliphatic rings. The number of aromatic nitrogens is 1. The normalized spacial score (nSPS) is 17.7. The fourth-order valence-corrected chi connectivity index (χ4v) is 3.40. The Morgan fingerprint density at radius 1 is 1.23 bits per heavy atom. The molecule has 1 unspecified atom stereocenters. The minimum Gasteiger partial charge on any atom is -0.334 e. The first-order valence-corrected chi connectivity index (χ1v) is 9.38. The second-order valence-corrected chi connectivity index (χ2v) is 7.03. The number of nitrogens with zero attached hydrogens (tertiary/aromatic N) is 3. The fraction of sp³-hybridized carbons (Fsp3) is 0.429. The van der Waals surface area contributed by atoms with Crippen LogP contribution < -0.4 is 5.32 Å².